The van der Waals surface area contributed by atoms with E-state index in [0.717, 1.165) is 16.8 Å². The average molecular weight is 210 g/mol. The minimum Gasteiger partial charge on any atom is -0.325 e. The minimum absolute atomic E-state index is 0.0224. The number of carbonyl (C=O) groups is 1. The monoisotopic (exact) mass is 210 g/mol. The van der Waals surface area contributed by atoms with Gasteiger partial charge in [0.1, 0.15) is 0 Å². The van der Waals surface area contributed by atoms with Crippen LogP contribution in [-0.2, 0) is 4.79 Å². The van der Waals surface area contributed by atoms with Crippen molar-refractivity contribution in [3.8, 4) is 0 Å². The molecule has 3 rings (SSSR count). The van der Waals surface area contributed by atoms with Gasteiger partial charge in [0.2, 0.25) is 5.91 Å². The lowest BCUT2D eigenvalue weighted by molar-refractivity contribution is -0.116. The lowest BCUT2D eigenvalue weighted by Crippen LogP contribution is -2.13. The van der Waals surface area contributed by atoms with Crippen LogP contribution < -0.4 is 5.32 Å². The van der Waals surface area contributed by atoms with Gasteiger partial charge in [-0.05, 0) is 23.3 Å². The van der Waals surface area contributed by atoms with E-state index in [4.69, 9.17) is 0 Å². The summed E-state index contributed by atoms with van der Waals surface area (Å²) in [5.41, 5.74) is 2.87. The van der Waals surface area contributed by atoms with Crippen molar-refractivity contribution in [1.29, 1.82) is 0 Å². The van der Waals surface area contributed by atoms with Gasteiger partial charge < -0.3 is 5.32 Å². The molecular weight excluding hydrogens is 200 g/mol. The first-order valence-electron chi connectivity index (χ1n) is 5.16. The molecule has 0 fully saturated rings. The highest BCUT2D eigenvalue weighted by Gasteiger charge is 2.31. The van der Waals surface area contributed by atoms with E-state index in [1.54, 1.807) is 12.4 Å². The number of anilines is 1. The maximum Gasteiger partial charge on any atom is 0.236 e. The van der Waals surface area contributed by atoms with Crippen LogP contribution >= 0.6 is 0 Å². The molecule has 1 aromatic carbocycles. The smallest absolute Gasteiger partial charge is 0.236 e. The van der Waals surface area contributed by atoms with Crippen molar-refractivity contribution >= 4 is 11.6 Å². The Morgan fingerprint density at radius 3 is 2.81 bits per heavy atom. The molecule has 1 atom stereocenters. The number of pyridine rings is 1. The van der Waals surface area contributed by atoms with Crippen molar-refractivity contribution in [2.75, 3.05) is 5.32 Å². The molecule has 78 valence electrons. The summed E-state index contributed by atoms with van der Waals surface area (Å²) in [5, 5.41) is 2.88. The molecule has 3 nitrogen and oxygen atoms in total. The highest BCUT2D eigenvalue weighted by molar-refractivity contribution is 6.04. The van der Waals surface area contributed by atoms with Crippen LogP contribution in [0.3, 0.4) is 0 Å². The van der Waals surface area contributed by atoms with Crippen molar-refractivity contribution in [2.24, 2.45) is 0 Å². The summed E-state index contributed by atoms with van der Waals surface area (Å²) in [7, 11) is 0. The van der Waals surface area contributed by atoms with Crippen molar-refractivity contribution in [2.45, 2.75) is 5.92 Å². The molecule has 1 aliphatic rings. The predicted octanol–water partition coefficient (Wildman–Crippen LogP) is 2.17. The van der Waals surface area contributed by atoms with E-state index in [9.17, 15) is 4.79 Å². The van der Waals surface area contributed by atoms with E-state index in [1.165, 1.54) is 0 Å². The first-order chi connectivity index (χ1) is 7.86. The van der Waals surface area contributed by atoms with Gasteiger partial charge in [-0.1, -0.05) is 24.3 Å². The van der Waals surface area contributed by atoms with E-state index in [1.807, 2.05) is 36.4 Å². The fraction of sp³-hybridized carbons (Fsp3) is 0.0769. The van der Waals surface area contributed by atoms with Crippen molar-refractivity contribution in [1.82, 2.24) is 4.98 Å². The minimum atomic E-state index is -0.218. The summed E-state index contributed by atoms with van der Waals surface area (Å²) >= 11 is 0. The van der Waals surface area contributed by atoms with Crippen molar-refractivity contribution in [3.63, 3.8) is 0 Å². The lowest BCUT2D eigenvalue weighted by atomic mass is 9.94. The quantitative estimate of drug-likeness (QED) is 0.783. The van der Waals surface area contributed by atoms with Crippen LogP contribution in [0.5, 0.6) is 0 Å². The number of aromatic nitrogens is 1. The second-order valence-electron chi connectivity index (χ2n) is 3.80. The van der Waals surface area contributed by atoms with Crippen LogP contribution in [0, 0.1) is 0 Å². The largest absolute Gasteiger partial charge is 0.325 e. The van der Waals surface area contributed by atoms with Crippen LogP contribution in [0.1, 0.15) is 17.0 Å². The van der Waals surface area contributed by atoms with Gasteiger partial charge in [0.25, 0.3) is 0 Å². The van der Waals surface area contributed by atoms with Crippen LogP contribution in [0.2, 0.25) is 0 Å². The third-order valence-electron chi connectivity index (χ3n) is 2.81. The molecule has 1 aliphatic heterocycles. The summed E-state index contributed by atoms with van der Waals surface area (Å²) in [6, 6.07) is 11.5. The number of para-hydroxylation sites is 1. The molecule has 1 unspecified atom stereocenters. The Morgan fingerprint density at radius 2 is 2.00 bits per heavy atom. The van der Waals surface area contributed by atoms with Gasteiger partial charge in [-0.25, -0.2) is 0 Å². The molecule has 2 heterocycles. The Hall–Kier alpha value is -2.16. The molecule has 1 aromatic heterocycles. The fourth-order valence-corrected chi connectivity index (χ4v) is 2.09. The first kappa shape index (κ1) is 9.09. The normalized spacial score (nSPS) is 18.0. The van der Waals surface area contributed by atoms with Crippen LogP contribution in [-0.4, -0.2) is 10.9 Å². The van der Waals surface area contributed by atoms with Crippen molar-refractivity contribution in [3.05, 3.63) is 59.9 Å². The summed E-state index contributed by atoms with van der Waals surface area (Å²) < 4.78 is 0. The summed E-state index contributed by atoms with van der Waals surface area (Å²) in [6.07, 6.45) is 3.45. The molecule has 0 radical (unpaired) electrons. The summed E-state index contributed by atoms with van der Waals surface area (Å²) in [4.78, 5) is 15.9. The molecule has 0 aliphatic carbocycles. The van der Waals surface area contributed by atoms with Gasteiger partial charge in [-0.15, -0.1) is 0 Å². The Labute approximate surface area is 93.1 Å². The molecule has 0 spiro atoms. The number of fused-ring (bicyclic) bond motifs is 1. The molecule has 3 heteroatoms. The zero-order chi connectivity index (χ0) is 11.0. The summed E-state index contributed by atoms with van der Waals surface area (Å²) in [6.45, 7) is 0. The number of carbonyl (C=O) groups excluding carboxylic acids is 1. The Morgan fingerprint density at radius 1 is 1.12 bits per heavy atom. The van der Waals surface area contributed by atoms with E-state index < -0.39 is 0 Å². The zero-order valence-corrected chi connectivity index (χ0v) is 8.55. The third kappa shape index (κ3) is 1.29. The number of nitrogens with zero attached hydrogens (tertiary/aromatic N) is 1. The van der Waals surface area contributed by atoms with E-state index in [2.05, 4.69) is 10.3 Å². The van der Waals surface area contributed by atoms with Gasteiger partial charge in [-0.3, -0.25) is 9.78 Å². The van der Waals surface area contributed by atoms with E-state index >= 15 is 0 Å². The number of hydrogen-bond acceptors (Lipinski definition) is 2. The molecule has 1 N–H and O–H groups in total. The van der Waals surface area contributed by atoms with Crippen LogP contribution in [0.15, 0.2) is 48.8 Å². The average Bonchev–Trinajstić information content (AvgIpc) is 2.66. The molecule has 16 heavy (non-hydrogen) atoms. The maximum absolute atomic E-state index is 11.9. The number of hydrogen-bond donors (Lipinski definition) is 1. The molecule has 0 saturated carbocycles. The van der Waals surface area contributed by atoms with Gasteiger partial charge in [0, 0.05) is 18.1 Å². The Balaban J connectivity index is 2.13. The number of amides is 1. The molecule has 2 aromatic rings. The second-order valence-corrected chi connectivity index (χ2v) is 3.80. The van der Waals surface area contributed by atoms with Gasteiger partial charge in [-0.2, -0.15) is 0 Å². The number of benzene rings is 1. The zero-order valence-electron chi connectivity index (χ0n) is 8.55. The van der Waals surface area contributed by atoms with E-state index in [-0.39, 0.29) is 11.8 Å². The fourth-order valence-electron chi connectivity index (χ4n) is 2.09. The van der Waals surface area contributed by atoms with E-state index in [0.29, 0.717) is 0 Å². The van der Waals surface area contributed by atoms with Crippen LogP contribution in [0.25, 0.3) is 0 Å². The molecule has 0 bridgehead atoms. The Kier molecular flexibility index (Phi) is 1.96. The second kappa shape index (κ2) is 3.45. The van der Waals surface area contributed by atoms with Gasteiger partial charge in [0.05, 0.1) is 5.92 Å². The first-order valence-corrected chi connectivity index (χ1v) is 5.16. The standard InChI is InChI=1S/C13H10N2O/c16-13-12(9-4-3-7-14-8-9)10-5-1-2-6-11(10)15-13/h1-8,12H,(H,15,16). The SMILES string of the molecule is O=C1Nc2ccccc2C1c1cccnc1. The predicted molar refractivity (Wildman–Crippen MR) is 61.2 cm³/mol. The number of rotatable bonds is 1. The molecule has 0 saturated heterocycles. The highest BCUT2D eigenvalue weighted by atomic mass is 16.2. The molecule has 1 amide bonds. The van der Waals surface area contributed by atoms with Gasteiger partial charge in [0.15, 0.2) is 0 Å². The molecular formula is C13H10N2O. The third-order valence-corrected chi connectivity index (χ3v) is 2.81. The van der Waals surface area contributed by atoms with Crippen molar-refractivity contribution < 1.29 is 4.79 Å². The highest BCUT2D eigenvalue weighted by Crippen LogP contribution is 2.36. The maximum atomic E-state index is 11.9. The number of nitrogens with one attached hydrogen (secondary N) is 1. The Bertz CT molecular complexity index is 537. The summed E-state index contributed by atoms with van der Waals surface area (Å²) in [5.74, 6) is -0.195. The van der Waals surface area contributed by atoms with Crippen LogP contribution in [0.4, 0.5) is 5.69 Å². The van der Waals surface area contributed by atoms with Gasteiger partial charge >= 0.3 is 0 Å². The topological polar surface area (TPSA) is 42.0 Å². The lowest BCUT2D eigenvalue weighted by Gasteiger charge is -2.07.